The number of carbonyl (C=O) groups excluding carboxylic acids is 1. The maximum atomic E-state index is 14.3. The number of benzene rings is 1. The number of anilines is 1. The van der Waals surface area contributed by atoms with Crippen molar-refractivity contribution in [2.24, 2.45) is 0 Å². The van der Waals surface area contributed by atoms with Crippen molar-refractivity contribution >= 4 is 33.2 Å². The van der Waals surface area contributed by atoms with Crippen LogP contribution in [0.3, 0.4) is 0 Å². The lowest BCUT2D eigenvalue weighted by molar-refractivity contribution is -0.114. The van der Waals surface area contributed by atoms with Gasteiger partial charge < -0.3 is 15.4 Å². The molecule has 140 valence electrons. The fourth-order valence-corrected chi connectivity index (χ4v) is 4.29. The van der Waals surface area contributed by atoms with Gasteiger partial charge in [0.15, 0.2) is 0 Å². The van der Waals surface area contributed by atoms with Crippen LogP contribution in [0.25, 0.3) is 0 Å². The summed E-state index contributed by atoms with van der Waals surface area (Å²) < 4.78 is 46.8. The molecule has 0 bridgehead atoms. The third-order valence-electron chi connectivity index (χ3n) is 3.98. The first-order chi connectivity index (χ1) is 11.7. The zero-order valence-corrected chi connectivity index (χ0v) is 15.6. The summed E-state index contributed by atoms with van der Waals surface area (Å²) in [5.41, 5.74) is -0.503. The van der Waals surface area contributed by atoms with Crippen LogP contribution in [0, 0.1) is 5.82 Å². The molecule has 3 N–H and O–H groups in total. The molecule has 10 heteroatoms. The number of hydrogen-bond donors (Lipinski definition) is 3. The van der Waals surface area contributed by atoms with Crippen LogP contribution in [0.2, 0.25) is 5.02 Å². The standard InChI is InChI=1S/C15H21ClFN3O4S/c1-10(21)20-13-7-12(17)14(6-11(13)16)25(22,23)19-8-15(9-24-2)4-3-5-18-15/h6-7,18-19H,3-5,8-9H2,1-2H3,(H,20,21). The lowest BCUT2D eigenvalue weighted by Crippen LogP contribution is -2.52. The van der Waals surface area contributed by atoms with Gasteiger partial charge in [0.05, 0.1) is 22.9 Å². The van der Waals surface area contributed by atoms with Crippen LogP contribution in [0.15, 0.2) is 17.0 Å². The van der Waals surface area contributed by atoms with Gasteiger partial charge in [0.25, 0.3) is 0 Å². The summed E-state index contributed by atoms with van der Waals surface area (Å²) >= 11 is 5.95. The Labute approximate surface area is 151 Å². The molecule has 1 aliphatic heterocycles. The normalized spacial score (nSPS) is 20.6. The van der Waals surface area contributed by atoms with Crippen LogP contribution in [0.5, 0.6) is 0 Å². The Morgan fingerprint density at radius 1 is 1.48 bits per heavy atom. The zero-order valence-electron chi connectivity index (χ0n) is 14.0. The van der Waals surface area contributed by atoms with Crippen molar-refractivity contribution in [3.05, 3.63) is 23.0 Å². The van der Waals surface area contributed by atoms with Crippen LogP contribution in [-0.4, -0.2) is 46.7 Å². The van der Waals surface area contributed by atoms with E-state index in [2.05, 4.69) is 15.4 Å². The summed E-state index contributed by atoms with van der Waals surface area (Å²) in [4.78, 5) is 10.5. The first-order valence-corrected chi connectivity index (χ1v) is 9.55. The molecule has 0 aliphatic carbocycles. The summed E-state index contributed by atoms with van der Waals surface area (Å²) in [6, 6.07) is 1.87. The molecule has 0 saturated carbocycles. The predicted octanol–water partition coefficient (Wildman–Crippen LogP) is 1.48. The fraction of sp³-hybridized carbons (Fsp3) is 0.533. The van der Waals surface area contributed by atoms with Crippen molar-refractivity contribution < 1.29 is 22.3 Å². The number of nitrogens with one attached hydrogen (secondary N) is 3. The molecule has 0 spiro atoms. The van der Waals surface area contributed by atoms with E-state index in [1.54, 1.807) is 0 Å². The Balaban J connectivity index is 2.21. The lowest BCUT2D eigenvalue weighted by atomic mass is 9.99. The van der Waals surface area contributed by atoms with Gasteiger partial charge >= 0.3 is 0 Å². The van der Waals surface area contributed by atoms with Gasteiger partial charge in [-0.15, -0.1) is 0 Å². The molecule has 1 aliphatic rings. The van der Waals surface area contributed by atoms with E-state index >= 15 is 0 Å². The maximum absolute atomic E-state index is 14.3. The maximum Gasteiger partial charge on any atom is 0.243 e. The summed E-state index contributed by atoms with van der Waals surface area (Å²) in [5, 5.41) is 5.50. The summed E-state index contributed by atoms with van der Waals surface area (Å²) in [5.74, 6) is -1.44. The Kier molecular flexibility index (Phi) is 6.39. The Hall–Kier alpha value is -1.26. The number of halogens is 2. The zero-order chi connectivity index (χ0) is 18.7. The Morgan fingerprint density at radius 3 is 2.76 bits per heavy atom. The molecular formula is C15H21ClFN3O4S. The van der Waals surface area contributed by atoms with E-state index in [0.29, 0.717) is 6.61 Å². The average molecular weight is 394 g/mol. The van der Waals surface area contributed by atoms with Crippen LogP contribution >= 0.6 is 11.6 Å². The quantitative estimate of drug-likeness (QED) is 0.652. The molecule has 0 aromatic heterocycles. The van der Waals surface area contributed by atoms with E-state index in [4.69, 9.17) is 16.3 Å². The first-order valence-electron chi connectivity index (χ1n) is 7.69. The SMILES string of the molecule is COCC1(CNS(=O)(=O)c2cc(Cl)c(NC(C)=O)cc2F)CCCN1. The summed E-state index contributed by atoms with van der Waals surface area (Å²) in [7, 11) is -2.58. The molecule has 1 fully saturated rings. The van der Waals surface area contributed by atoms with Gasteiger partial charge in [0, 0.05) is 26.6 Å². The highest BCUT2D eigenvalue weighted by atomic mass is 35.5. The van der Waals surface area contributed by atoms with Crippen LogP contribution in [0.4, 0.5) is 10.1 Å². The summed E-state index contributed by atoms with van der Waals surface area (Å²) in [6.45, 7) is 2.40. The van der Waals surface area contributed by atoms with Crippen molar-refractivity contribution in [2.75, 3.05) is 32.1 Å². The van der Waals surface area contributed by atoms with Crippen LogP contribution < -0.4 is 15.4 Å². The van der Waals surface area contributed by atoms with E-state index in [0.717, 1.165) is 31.5 Å². The Morgan fingerprint density at radius 2 is 2.20 bits per heavy atom. The largest absolute Gasteiger partial charge is 0.383 e. The topological polar surface area (TPSA) is 96.5 Å². The molecule has 1 saturated heterocycles. The number of methoxy groups -OCH3 is 1. The number of carbonyl (C=O) groups is 1. The molecule has 25 heavy (non-hydrogen) atoms. The molecule has 1 atom stereocenters. The number of hydrogen-bond acceptors (Lipinski definition) is 5. The molecule has 1 amide bonds. The van der Waals surface area contributed by atoms with Gasteiger partial charge in [-0.2, -0.15) is 0 Å². The number of amides is 1. The van der Waals surface area contributed by atoms with Crippen LogP contribution in [0.1, 0.15) is 19.8 Å². The minimum absolute atomic E-state index is 0.0129. The van der Waals surface area contributed by atoms with Crippen molar-refractivity contribution in [3.8, 4) is 0 Å². The molecule has 7 nitrogen and oxygen atoms in total. The van der Waals surface area contributed by atoms with Gasteiger partial charge in [0.2, 0.25) is 15.9 Å². The van der Waals surface area contributed by atoms with E-state index in [9.17, 15) is 17.6 Å². The molecule has 1 heterocycles. The molecule has 1 unspecified atom stereocenters. The van der Waals surface area contributed by atoms with Gasteiger partial charge in [0.1, 0.15) is 10.7 Å². The lowest BCUT2D eigenvalue weighted by Gasteiger charge is -2.28. The second-order valence-electron chi connectivity index (χ2n) is 6.01. The highest BCUT2D eigenvalue weighted by Gasteiger charge is 2.35. The Bertz CT molecular complexity index is 751. The molecular weight excluding hydrogens is 373 g/mol. The van der Waals surface area contributed by atoms with Gasteiger partial charge in [-0.25, -0.2) is 17.5 Å². The monoisotopic (exact) mass is 393 g/mol. The molecule has 1 aromatic rings. The van der Waals surface area contributed by atoms with Crippen molar-refractivity contribution in [2.45, 2.75) is 30.2 Å². The molecule has 1 aromatic carbocycles. The smallest absolute Gasteiger partial charge is 0.243 e. The highest BCUT2D eigenvalue weighted by molar-refractivity contribution is 7.89. The van der Waals surface area contributed by atoms with E-state index < -0.39 is 32.2 Å². The number of ether oxygens (including phenoxy) is 1. The minimum Gasteiger partial charge on any atom is -0.383 e. The second-order valence-corrected chi connectivity index (χ2v) is 8.15. The van der Waals surface area contributed by atoms with Crippen LogP contribution in [-0.2, 0) is 19.6 Å². The van der Waals surface area contributed by atoms with Crippen molar-refractivity contribution in [1.82, 2.24) is 10.0 Å². The van der Waals surface area contributed by atoms with Crippen molar-refractivity contribution in [1.29, 1.82) is 0 Å². The fourth-order valence-electron chi connectivity index (χ4n) is 2.80. The summed E-state index contributed by atoms with van der Waals surface area (Å²) in [6.07, 6.45) is 1.64. The number of rotatable bonds is 7. The number of sulfonamides is 1. The van der Waals surface area contributed by atoms with Crippen molar-refractivity contribution in [3.63, 3.8) is 0 Å². The van der Waals surface area contributed by atoms with Gasteiger partial charge in [-0.1, -0.05) is 11.6 Å². The van der Waals surface area contributed by atoms with E-state index in [-0.39, 0.29) is 17.3 Å². The van der Waals surface area contributed by atoms with E-state index in [1.807, 2.05) is 0 Å². The first kappa shape index (κ1) is 20.1. The molecule has 0 radical (unpaired) electrons. The third kappa shape index (κ3) is 4.89. The molecule has 2 rings (SSSR count). The van der Waals surface area contributed by atoms with Gasteiger partial charge in [-0.05, 0) is 25.5 Å². The minimum atomic E-state index is -4.12. The highest BCUT2D eigenvalue weighted by Crippen LogP contribution is 2.28. The second kappa shape index (κ2) is 7.96. The third-order valence-corrected chi connectivity index (χ3v) is 5.70. The van der Waals surface area contributed by atoms with Gasteiger partial charge in [-0.3, -0.25) is 4.79 Å². The average Bonchev–Trinajstić information content (AvgIpc) is 2.97. The predicted molar refractivity (Wildman–Crippen MR) is 92.7 cm³/mol. The van der Waals surface area contributed by atoms with E-state index in [1.165, 1.54) is 14.0 Å².